The van der Waals surface area contributed by atoms with Crippen molar-refractivity contribution in [3.8, 4) is 11.1 Å². The normalized spacial score (nSPS) is 21.0. The smallest absolute Gasteiger partial charge is 0.410 e. The highest BCUT2D eigenvalue weighted by atomic mass is 16.6. The van der Waals surface area contributed by atoms with E-state index in [0.29, 0.717) is 26.2 Å². The first-order valence-corrected chi connectivity index (χ1v) is 14.9. The van der Waals surface area contributed by atoms with Crippen LogP contribution in [0.4, 0.5) is 9.59 Å². The first-order valence-electron chi connectivity index (χ1n) is 14.9. The molecule has 0 unspecified atom stereocenters. The number of nitrogens with one attached hydrogen (secondary N) is 1. The van der Waals surface area contributed by atoms with Gasteiger partial charge in [0.25, 0.3) is 0 Å². The van der Waals surface area contributed by atoms with Crippen molar-refractivity contribution < 1.29 is 19.1 Å². The fraction of sp³-hybridized carbons (Fsp3) is 0.515. The Kier molecular flexibility index (Phi) is 7.22. The van der Waals surface area contributed by atoms with Crippen molar-refractivity contribution >= 4 is 23.0 Å². The molecule has 0 aliphatic carbocycles. The second-order valence-corrected chi connectivity index (χ2v) is 12.8. The van der Waals surface area contributed by atoms with Gasteiger partial charge in [0.1, 0.15) is 5.60 Å². The molecule has 0 spiro atoms. The average molecular weight is 559 g/mol. The van der Waals surface area contributed by atoms with Crippen LogP contribution in [0.15, 0.2) is 36.5 Å². The van der Waals surface area contributed by atoms with Gasteiger partial charge >= 0.3 is 12.1 Å². The number of rotatable bonds is 3. The van der Waals surface area contributed by atoms with Gasteiger partial charge in [0.15, 0.2) is 0 Å². The van der Waals surface area contributed by atoms with E-state index in [2.05, 4.69) is 42.2 Å². The molecule has 0 radical (unpaired) electrons. The SMILES string of the molecule is CO[C@@H]1CCN(C(=O)N2CCc3cc(-c4ccc5[nH]cc(C)c5c4)cc([C@@H]4CCCN4C(=O)OC(C)(C)C)c3C2)C1. The highest BCUT2D eigenvalue weighted by Crippen LogP contribution is 2.41. The van der Waals surface area contributed by atoms with Gasteiger partial charge in [-0.15, -0.1) is 0 Å². The van der Waals surface area contributed by atoms with E-state index in [0.717, 1.165) is 54.4 Å². The van der Waals surface area contributed by atoms with Gasteiger partial charge in [-0.2, -0.15) is 0 Å². The van der Waals surface area contributed by atoms with Crippen molar-refractivity contribution in [1.29, 1.82) is 0 Å². The van der Waals surface area contributed by atoms with Crippen LogP contribution in [0.3, 0.4) is 0 Å². The topological polar surface area (TPSA) is 78.1 Å². The van der Waals surface area contributed by atoms with Crippen LogP contribution in [-0.4, -0.2) is 76.8 Å². The number of carbonyl (C=O) groups is 2. The summed E-state index contributed by atoms with van der Waals surface area (Å²) in [5, 5.41) is 1.22. The van der Waals surface area contributed by atoms with E-state index < -0.39 is 5.60 Å². The molecule has 0 bridgehead atoms. The highest BCUT2D eigenvalue weighted by molar-refractivity contribution is 5.88. The molecule has 3 amide bonds. The lowest BCUT2D eigenvalue weighted by molar-refractivity contribution is 0.0223. The van der Waals surface area contributed by atoms with Crippen molar-refractivity contribution in [3.05, 3.63) is 58.8 Å². The Bertz CT molecular complexity index is 1470. The molecule has 6 rings (SSSR count). The maximum atomic E-state index is 13.6. The number of H-pyrrole nitrogens is 1. The minimum atomic E-state index is -0.561. The van der Waals surface area contributed by atoms with Crippen LogP contribution < -0.4 is 0 Å². The molecule has 1 N–H and O–H groups in total. The number of fused-ring (bicyclic) bond motifs is 2. The molecule has 41 heavy (non-hydrogen) atoms. The van der Waals surface area contributed by atoms with E-state index in [1.807, 2.05) is 41.7 Å². The second-order valence-electron chi connectivity index (χ2n) is 12.8. The van der Waals surface area contributed by atoms with E-state index in [9.17, 15) is 9.59 Å². The van der Waals surface area contributed by atoms with Crippen LogP contribution in [0.25, 0.3) is 22.0 Å². The number of hydrogen-bond acceptors (Lipinski definition) is 4. The van der Waals surface area contributed by atoms with Crippen LogP contribution >= 0.6 is 0 Å². The summed E-state index contributed by atoms with van der Waals surface area (Å²) in [6.07, 6.45) is 5.34. The predicted molar refractivity (Wildman–Crippen MR) is 160 cm³/mol. The Hall–Kier alpha value is -3.52. The molecular weight excluding hydrogens is 516 g/mol. The average Bonchev–Trinajstić information content (AvgIpc) is 3.71. The van der Waals surface area contributed by atoms with Gasteiger partial charge in [-0.05, 0) is 105 Å². The second kappa shape index (κ2) is 10.7. The van der Waals surface area contributed by atoms with Crippen LogP contribution in [-0.2, 0) is 22.4 Å². The number of urea groups is 1. The Morgan fingerprint density at radius 1 is 1.00 bits per heavy atom. The Morgan fingerprint density at radius 2 is 1.83 bits per heavy atom. The molecule has 2 aromatic carbocycles. The summed E-state index contributed by atoms with van der Waals surface area (Å²) < 4.78 is 11.3. The largest absolute Gasteiger partial charge is 0.444 e. The molecule has 2 fully saturated rings. The van der Waals surface area contributed by atoms with Crippen molar-refractivity contribution in [3.63, 3.8) is 0 Å². The van der Waals surface area contributed by atoms with Crippen LogP contribution in [0.1, 0.15) is 68.3 Å². The molecule has 0 saturated carbocycles. The van der Waals surface area contributed by atoms with E-state index in [-0.39, 0.29) is 24.3 Å². The minimum absolute atomic E-state index is 0.0778. The van der Waals surface area contributed by atoms with E-state index in [4.69, 9.17) is 9.47 Å². The number of hydrogen-bond donors (Lipinski definition) is 1. The number of aromatic nitrogens is 1. The first-order chi connectivity index (χ1) is 19.6. The standard InChI is InChI=1S/C33H42N4O4/c1-21-18-34-29-9-8-22(16-26(21)29)24-15-23-10-13-36(31(38)35-14-11-25(19-35)40-5)20-28(23)27(17-24)30-7-6-12-37(30)32(39)41-33(2,3)4/h8-9,15-18,25,30,34H,6-7,10-14,19-20H2,1-5H3/t25-,30+/m1/s1. The lowest BCUT2D eigenvalue weighted by atomic mass is 9.86. The number of methoxy groups -OCH3 is 1. The van der Waals surface area contributed by atoms with Crippen LogP contribution in [0, 0.1) is 6.92 Å². The van der Waals surface area contributed by atoms with Crippen LogP contribution in [0.5, 0.6) is 0 Å². The van der Waals surface area contributed by atoms with Crippen molar-refractivity contribution in [1.82, 2.24) is 19.7 Å². The minimum Gasteiger partial charge on any atom is -0.444 e. The number of aromatic amines is 1. The fourth-order valence-corrected chi connectivity index (χ4v) is 6.69. The van der Waals surface area contributed by atoms with E-state index >= 15 is 0 Å². The Morgan fingerprint density at radius 3 is 2.59 bits per heavy atom. The molecule has 8 heteroatoms. The number of likely N-dealkylation sites (tertiary alicyclic amines) is 2. The summed E-state index contributed by atoms with van der Waals surface area (Å²) in [4.78, 5) is 36.0. The molecular formula is C33H42N4O4. The zero-order valence-corrected chi connectivity index (χ0v) is 25.0. The fourth-order valence-electron chi connectivity index (χ4n) is 6.69. The van der Waals surface area contributed by atoms with Gasteiger partial charge in [0, 0.05) is 56.9 Å². The van der Waals surface area contributed by atoms with Gasteiger partial charge in [0.2, 0.25) is 0 Å². The summed E-state index contributed by atoms with van der Waals surface area (Å²) in [5.74, 6) is 0. The molecule has 218 valence electrons. The third-order valence-corrected chi connectivity index (χ3v) is 8.86. The molecule has 3 aliphatic heterocycles. The first kappa shape index (κ1) is 27.6. The van der Waals surface area contributed by atoms with Gasteiger partial charge in [-0.1, -0.05) is 12.1 Å². The molecule has 2 saturated heterocycles. The quantitative estimate of drug-likeness (QED) is 0.403. The lowest BCUT2D eigenvalue weighted by Crippen LogP contribution is -2.45. The number of ether oxygens (including phenoxy) is 2. The van der Waals surface area contributed by atoms with Crippen molar-refractivity contribution in [2.45, 2.75) is 77.7 Å². The molecule has 8 nitrogen and oxygen atoms in total. The predicted octanol–water partition coefficient (Wildman–Crippen LogP) is 6.41. The van der Waals surface area contributed by atoms with Crippen molar-refractivity contribution in [2.75, 3.05) is 33.3 Å². The maximum Gasteiger partial charge on any atom is 0.410 e. The summed E-state index contributed by atoms with van der Waals surface area (Å²) in [5.41, 5.74) is 7.68. The van der Waals surface area contributed by atoms with Gasteiger partial charge in [-0.3, -0.25) is 0 Å². The molecule has 4 heterocycles. The zero-order valence-electron chi connectivity index (χ0n) is 25.0. The maximum absolute atomic E-state index is 13.6. The summed E-state index contributed by atoms with van der Waals surface area (Å²) in [6.45, 7) is 11.1. The number of amides is 3. The molecule has 3 aliphatic rings. The molecule has 2 atom stereocenters. The highest BCUT2D eigenvalue weighted by Gasteiger charge is 2.37. The van der Waals surface area contributed by atoms with Crippen LogP contribution in [0.2, 0.25) is 0 Å². The summed E-state index contributed by atoms with van der Waals surface area (Å²) in [6, 6.07) is 11.1. The number of nitrogens with zero attached hydrogens (tertiary/aromatic N) is 3. The number of aryl methyl sites for hydroxylation is 1. The van der Waals surface area contributed by atoms with Gasteiger partial charge in [0.05, 0.1) is 12.1 Å². The molecule has 1 aromatic heterocycles. The zero-order chi connectivity index (χ0) is 28.9. The Labute approximate surface area is 242 Å². The summed E-state index contributed by atoms with van der Waals surface area (Å²) in [7, 11) is 1.72. The van der Waals surface area contributed by atoms with E-state index in [1.165, 1.54) is 22.1 Å². The monoisotopic (exact) mass is 558 g/mol. The lowest BCUT2D eigenvalue weighted by Gasteiger charge is -2.36. The third-order valence-electron chi connectivity index (χ3n) is 8.86. The third kappa shape index (κ3) is 5.42. The van der Waals surface area contributed by atoms with Gasteiger partial charge in [-0.25, -0.2) is 9.59 Å². The molecule has 3 aromatic rings. The summed E-state index contributed by atoms with van der Waals surface area (Å²) >= 11 is 0. The Balaban J connectivity index is 1.38. The van der Waals surface area contributed by atoms with Crippen molar-refractivity contribution in [2.24, 2.45) is 0 Å². The van der Waals surface area contributed by atoms with E-state index in [1.54, 1.807) is 7.11 Å². The van der Waals surface area contributed by atoms with Gasteiger partial charge < -0.3 is 29.2 Å². The number of benzene rings is 2. The number of carbonyl (C=O) groups excluding carboxylic acids is 2.